The summed E-state index contributed by atoms with van der Waals surface area (Å²) in [5.41, 5.74) is 1.77. The molecule has 1 aliphatic rings. The Labute approximate surface area is 230 Å². The van der Waals surface area contributed by atoms with Crippen molar-refractivity contribution in [2.75, 3.05) is 48.5 Å². The van der Waals surface area contributed by atoms with Crippen LogP contribution in [0.3, 0.4) is 0 Å². The van der Waals surface area contributed by atoms with Gasteiger partial charge >= 0.3 is 0 Å². The lowest BCUT2D eigenvalue weighted by Gasteiger charge is -2.35. The van der Waals surface area contributed by atoms with Crippen molar-refractivity contribution in [1.29, 1.82) is 0 Å². The van der Waals surface area contributed by atoms with Gasteiger partial charge in [0, 0.05) is 38.1 Å². The largest absolute Gasteiger partial charge is 0.353 e. The van der Waals surface area contributed by atoms with E-state index in [0.717, 1.165) is 75.5 Å². The molecule has 0 aliphatic carbocycles. The van der Waals surface area contributed by atoms with Crippen LogP contribution in [0, 0.1) is 6.92 Å². The summed E-state index contributed by atoms with van der Waals surface area (Å²) >= 11 is 1.58. The standard InChI is InChI=1S/C30H36N4O2S2/c1-25-15-17-27(18-16-25)38(35,36)34(26-11-5-4-6-12-26)20-10-3-2-9-19-32-21-23-33(24-22-32)30-28-13-7-8-14-29(28)37-31-30/h4-8,11-18H,2-3,9-10,19-24H2,1H3. The first-order valence-corrected chi connectivity index (χ1v) is 15.7. The van der Waals surface area contributed by atoms with Crippen LogP contribution in [0.25, 0.3) is 10.1 Å². The quantitative estimate of drug-likeness (QED) is 0.210. The molecule has 1 aliphatic heterocycles. The highest BCUT2D eigenvalue weighted by Gasteiger charge is 2.24. The Kier molecular flexibility index (Phi) is 8.61. The zero-order valence-corrected chi connectivity index (χ0v) is 23.6. The lowest BCUT2D eigenvalue weighted by atomic mass is 10.1. The Bertz CT molecular complexity index is 1410. The fraction of sp³-hybridized carbons (Fsp3) is 0.367. The number of nitrogens with zero attached hydrogens (tertiary/aromatic N) is 4. The van der Waals surface area contributed by atoms with Gasteiger partial charge in [-0.2, -0.15) is 4.37 Å². The summed E-state index contributed by atoms with van der Waals surface area (Å²) in [4.78, 5) is 5.31. The highest BCUT2D eigenvalue weighted by molar-refractivity contribution is 7.92. The zero-order chi connectivity index (χ0) is 26.4. The van der Waals surface area contributed by atoms with Gasteiger partial charge in [0.25, 0.3) is 10.0 Å². The van der Waals surface area contributed by atoms with Gasteiger partial charge in [-0.15, -0.1) is 0 Å². The molecule has 0 radical (unpaired) electrons. The van der Waals surface area contributed by atoms with Crippen LogP contribution in [0.4, 0.5) is 11.5 Å². The minimum Gasteiger partial charge on any atom is -0.353 e. The molecule has 5 rings (SSSR count). The van der Waals surface area contributed by atoms with Gasteiger partial charge in [0.2, 0.25) is 0 Å². The summed E-state index contributed by atoms with van der Waals surface area (Å²) < 4.78 is 34.5. The second-order valence-electron chi connectivity index (χ2n) is 9.97. The van der Waals surface area contributed by atoms with Gasteiger partial charge < -0.3 is 4.90 Å². The molecule has 0 bridgehead atoms. The number of aromatic nitrogens is 1. The molecule has 0 spiro atoms. The second kappa shape index (κ2) is 12.3. The van der Waals surface area contributed by atoms with Gasteiger partial charge in [-0.3, -0.25) is 9.21 Å². The molecule has 6 nitrogen and oxygen atoms in total. The maximum Gasteiger partial charge on any atom is 0.264 e. The first kappa shape index (κ1) is 26.7. The number of aryl methyl sites for hydroxylation is 1. The first-order valence-electron chi connectivity index (χ1n) is 13.5. The van der Waals surface area contributed by atoms with E-state index in [1.807, 2.05) is 49.4 Å². The topological polar surface area (TPSA) is 56.8 Å². The molecule has 1 aromatic heterocycles. The van der Waals surface area contributed by atoms with Crippen LogP contribution in [0.2, 0.25) is 0 Å². The summed E-state index contributed by atoms with van der Waals surface area (Å²) in [7, 11) is -3.60. The lowest BCUT2D eigenvalue weighted by Crippen LogP contribution is -2.46. The Morgan fingerprint density at radius 1 is 0.816 bits per heavy atom. The molecule has 0 amide bonds. The molecule has 0 atom stereocenters. The van der Waals surface area contributed by atoms with E-state index >= 15 is 0 Å². The summed E-state index contributed by atoms with van der Waals surface area (Å²) in [5.74, 6) is 1.13. The molecule has 0 unspecified atom stereocenters. The molecule has 0 saturated carbocycles. The predicted octanol–water partition coefficient (Wildman–Crippen LogP) is 6.18. The molecule has 38 heavy (non-hydrogen) atoms. The number of unbranched alkanes of at least 4 members (excludes halogenated alkanes) is 3. The van der Waals surface area contributed by atoms with Gasteiger partial charge in [-0.25, -0.2) is 8.42 Å². The minimum atomic E-state index is -3.60. The van der Waals surface area contributed by atoms with E-state index in [-0.39, 0.29) is 0 Å². The van der Waals surface area contributed by atoms with E-state index in [1.165, 1.54) is 10.1 Å². The number of hydrogen-bond acceptors (Lipinski definition) is 6. The van der Waals surface area contributed by atoms with Crippen molar-refractivity contribution < 1.29 is 8.42 Å². The molecule has 8 heteroatoms. The minimum absolute atomic E-state index is 0.344. The second-order valence-corrected chi connectivity index (χ2v) is 12.6. The van der Waals surface area contributed by atoms with Gasteiger partial charge in [-0.05, 0) is 74.2 Å². The number of para-hydroxylation sites is 1. The highest BCUT2D eigenvalue weighted by atomic mass is 32.2. The maximum absolute atomic E-state index is 13.5. The zero-order valence-electron chi connectivity index (χ0n) is 22.0. The molecule has 2 heterocycles. The van der Waals surface area contributed by atoms with Gasteiger partial charge in [-0.1, -0.05) is 60.9 Å². The van der Waals surface area contributed by atoms with Crippen molar-refractivity contribution in [3.63, 3.8) is 0 Å². The molecular weight excluding hydrogens is 512 g/mol. The highest BCUT2D eigenvalue weighted by Crippen LogP contribution is 2.30. The molecule has 1 saturated heterocycles. The van der Waals surface area contributed by atoms with E-state index < -0.39 is 10.0 Å². The van der Waals surface area contributed by atoms with E-state index in [9.17, 15) is 8.42 Å². The van der Waals surface area contributed by atoms with E-state index in [2.05, 4.69) is 34.1 Å². The smallest absolute Gasteiger partial charge is 0.264 e. The van der Waals surface area contributed by atoms with E-state index in [1.54, 1.807) is 28.0 Å². The third-order valence-corrected chi connectivity index (χ3v) is 9.93. The third-order valence-electron chi connectivity index (χ3n) is 7.27. The van der Waals surface area contributed by atoms with Crippen LogP contribution in [0.15, 0.2) is 83.8 Å². The van der Waals surface area contributed by atoms with Crippen molar-refractivity contribution in [1.82, 2.24) is 9.27 Å². The maximum atomic E-state index is 13.5. The number of piperazine rings is 1. The molecule has 200 valence electrons. The predicted molar refractivity (Wildman–Crippen MR) is 159 cm³/mol. The Morgan fingerprint density at radius 2 is 1.50 bits per heavy atom. The van der Waals surface area contributed by atoms with Crippen LogP contribution >= 0.6 is 11.5 Å². The van der Waals surface area contributed by atoms with Gasteiger partial charge in [0.05, 0.1) is 15.3 Å². The lowest BCUT2D eigenvalue weighted by molar-refractivity contribution is 0.252. The van der Waals surface area contributed by atoms with Crippen molar-refractivity contribution in [3.05, 3.63) is 84.4 Å². The summed E-state index contributed by atoms with van der Waals surface area (Å²) in [6.45, 7) is 7.68. The summed E-state index contributed by atoms with van der Waals surface area (Å²) in [6, 6.07) is 25.1. The number of sulfonamides is 1. The Morgan fingerprint density at radius 3 is 2.26 bits per heavy atom. The van der Waals surface area contributed by atoms with Crippen LogP contribution < -0.4 is 9.21 Å². The number of hydrogen-bond donors (Lipinski definition) is 0. The van der Waals surface area contributed by atoms with Crippen molar-refractivity contribution >= 4 is 43.1 Å². The Balaban J connectivity index is 1.08. The van der Waals surface area contributed by atoms with Crippen molar-refractivity contribution in [2.24, 2.45) is 0 Å². The van der Waals surface area contributed by atoms with Gasteiger partial charge in [0.1, 0.15) is 5.82 Å². The van der Waals surface area contributed by atoms with Crippen molar-refractivity contribution in [3.8, 4) is 0 Å². The molecule has 4 aromatic rings. The van der Waals surface area contributed by atoms with Crippen LogP contribution in [-0.2, 0) is 10.0 Å². The van der Waals surface area contributed by atoms with Crippen LogP contribution in [0.5, 0.6) is 0 Å². The fourth-order valence-corrected chi connectivity index (χ4v) is 7.35. The fourth-order valence-electron chi connectivity index (χ4n) is 5.05. The summed E-state index contributed by atoms with van der Waals surface area (Å²) in [5, 5.41) is 1.26. The SMILES string of the molecule is Cc1ccc(S(=O)(=O)N(CCCCCCN2CCN(c3nsc4ccccc34)CC2)c2ccccc2)cc1. The number of anilines is 2. The summed E-state index contributed by atoms with van der Waals surface area (Å²) in [6.07, 6.45) is 4.09. The monoisotopic (exact) mass is 548 g/mol. The Hall–Kier alpha value is -2.94. The van der Waals surface area contributed by atoms with E-state index in [4.69, 9.17) is 4.37 Å². The molecule has 0 N–H and O–H groups in total. The van der Waals surface area contributed by atoms with Crippen LogP contribution in [0.1, 0.15) is 31.2 Å². The molecule has 3 aromatic carbocycles. The number of rotatable bonds is 11. The van der Waals surface area contributed by atoms with Gasteiger partial charge in [0.15, 0.2) is 0 Å². The first-order chi connectivity index (χ1) is 18.5. The normalized spacial score (nSPS) is 14.7. The van der Waals surface area contributed by atoms with Crippen LogP contribution in [-0.4, -0.2) is 57.0 Å². The number of benzene rings is 3. The van der Waals surface area contributed by atoms with E-state index in [0.29, 0.717) is 11.4 Å². The average Bonchev–Trinajstić information content (AvgIpc) is 3.38. The average molecular weight is 549 g/mol. The van der Waals surface area contributed by atoms with Crippen molar-refractivity contribution in [2.45, 2.75) is 37.5 Å². The third kappa shape index (κ3) is 6.20. The molecular formula is C30H36N4O2S2. The molecule has 1 fully saturated rings. The number of fused-ring (bicyclic) bond motifs is 1.